The molecule has 1 atom stereocenters. The monoisotopic (exact) mass is 422 g/mol. The molecule has 4 N–H and O–H groups in total. The van der Waals surface area contributed by atoms with E-state index in [9.17, 15) is 9.90 Å². The molecule has 2 heterocycles. The number of amides is 1. The van der Waals surface area contributed by atoms with Crippen LogP contribution in [0.2, 0.25) is 0 Å². The molecule has 8 heteroatoms. The van der Waals surface area contributed by atoms with E-state index < -0.39 is 0 Å². The van der Waals surface area contributed by atoms with Crippen LogP contribution in [0.1, 0.15) is 31.0 Å². The number of hydrogen-bond donors (Lipinski definition) is 3. The summed E-state index contributed by atoms with van der Waals surface area (Å²) >= 11 is 0. The van der Waals surface area contributed by atoms with Gasteiger partial charge in [0.25, 0.3) is 0 Å². The molecule has 1 aliphatic heterocycles. The minimum absolute atomic E-state index is 0.00719. The Morgan fingerprint density at radius 1 is 1.23 bits per heavy atom. The van der Waals surface area contributed by atoms with Crippen molar-refractivity contribution < 1.29 is 9.90 Å². The molecule has 4 rings (SSSR count). The first-order chi connectivity index (χ1) is 15.0. The predicted molar refractivity (Wildman–Crippen MR) is 122 cm³/mol. The molecule has 0 radical (unpaired) electrons. The van der Waals surface area contributed by atoms with Crippen molar-refractivity contribution >= 4 is 23.2 Å². The van der Waals surface area contributed by atoms with Gasteiger partial charge < -0.3 is 26.0 Å². The van der Waals surface area contributed by atoms with Crippen LogP contribution >= 0.6 is 0 Å². The van der Waals surface area contributed by atoms with Gasteiger partial charge in [0.05, 0.1) is 23.9 Å². The summed E-state index contributed by atoms with van der Waals surface area (Å²) in [7, 11) is 0. The molecule has 0 spiro atoms. The van der Waals surface area contributed by atoms with Gasteiger partial charge in [0.2, 0.25) is 11.9 Å². The van der Waals surface area contributed by atoms with Gasteiger partial charge in [-0.2, -0.15) is 0 Å². The summed E-state index contributed by atoms with van der Waals surface area (Å²) in [6.45, 7) is 7.21. The smallest absolute Gasteiger partial charge is 0.236 e. The summed E-state index contributed by atoms with van der Waals surface area (Å²) in [5, 5.41) is 13.6. The second-order valence-corrected chi connectivity index (χ2v) is 8.40. The molecule has 1 aromatic carbocycles. The minimum atomic E-state index is -0.0977. The maximum absolute atomic E-state index is 11.7. The molecule has 31 heavy (non-hydrogen) atoms. The molecule has 2 aromatic rings. The number of nitrogens with one attached hydrogen (secondary N) is 1. The van der Waals surface area contributed by atoms with Crippen LogP contribution in [0, 0.1) is 5.92 Å². The lowest BCUT2D eigenvalue weighted by Crippen LogP contribution is -2.50. The van der Waals surface area contributed by atoms with E-state index in [4.69, 9.17) is 10.7 Å². The fraction of sp³-hybridized carbons (Fsp3) is 0.435. The number of allylic oxidation sites excluding steroid dienone is 2. The Balaban J connectivity index is 1.43. The zero-order chi connectivity index (χ0) is 22.0. The van der Waals surface area contributed by atoms with E-state index >= 15 is 0 Å². The van der Waals surface area contributed by atoms with Gasteiger partial charge in [-0.15, -0.1) is 0 Å². The highest BCUT2D eigenvalue weighted by molar-refractivity contribution is 5.78. The van der Waals surface area contributed by atoms with Crippen LogP contribution in [0.15, 0.2) is 42.3 Å². The van der Waals surface area contributed by atoms with Crippen molar-refractivity contribution in [2.24, 2.45) is 11.7 Å². The number of benzene rings is 1. The van der Waals surface area contributed by atoms with Gasteiger partial charge in [-0.1, -0.05) is 13.8 Å². The number of carbonyl (C=O) groups excluding carboxylic acids is 1. The Hall–Kier alpha value is -3.13. The number of aliphatic hydroxyl groups is 1. The van der Waals surface area contributed by atoms with Crippen molar-refractivity contribution in [1.29, 1.82) is 0 Å². The number of nitrogens with zero attached hydrogens (tertiary/aromatic N) is 4. The van der Waals surface area contributed by atoms with Crippen LogP contribution in [0.4, 0.5) is 17.3 Å². The van der Waals surface area contributed by atoms with Crippen LogP contribution in [0.3, 0.4) is 0 Å². The molecule has 1 aromatic heterocycles. The Bertz CT molecular complexity index is 965. The van der Waals surface area contributed by atoms with E-state index in [1.807, 2.05) is 29.3 Å². The first-order valence-electron chi connectivity index (χ1n) is 10.8. The number of carbonyl (C=O) groups is 1. The first kappa shape index (κ1) is 21.1. The van der Waals surface area contributed by atoms with Crippen molar-refractivity contribution in [3.8, 4) is 0 Å². The van der Waals surface area contributed by atoms with Crippen molar-refractivity contribution in [3.63, 3.8) is 0 Å². The largest absolute Gasteiger partial charge is 0.512 e. The van der Waals surface area contributed by atoms with E-state index in [0.29, 0.717) is 31.2 Å². The highest BCUT2D eigenvalue weighted by Gasteiger charge is 2.28. The van der Waals surface area contributed by atoms with E-state index in [1.54, 1.807) is 0 Å². The molecule has 2 aliphatic rings. The lowest BCUT2D eigenvalue weighted by molar-refractivity contribution is -0.129. The normalized spacial score (nSPS) is 18.6. The Kier molecular flexibility index (Phi) is 6.08. The molecule has 8 nitrogen and oxygen atoms in total. The third-order valence-electron chi connectivity index (χ3n) is 6.00. The molecule has 1 aliphatic carbocycles. The molecule has 1 amide bonds. The third kappa shape index (κ3) is 4.49. The van der Waals surface area contributed by atoms with Crippen LogP contribution in [-0.2, 0) is 11.2 Å². The van der Waals surface area contributed by atoms with Crippen LogP contribution < -0.4 is 16.0 Å². The number of fused-ring (bicyclic) bond motifs is 1. The van der Waals surface area contributed by atoms with Gasteiger partial charge in [-0.3, -0.25) is 4.79 Å². The van der Waals surface area contributed by atoms with E-state index in [1.165, 1.54) is 0 Å². The number of aliphatic hydroxyl groups excluding tert-OH is 1. The van der Waals surface area contributed by atoms with E-state index in [-0.39, 0.29) is 24.3 Å². The number of rotatable bonds is 5. The van der Waals surface area contributed by atoms with E-state index in [2.05, 4.69) is 41.2 Å². The summed E-state index contributed by atoms with van der Waals surface area (Å²) in [4.78, 5) is 25.0. The summed E-state index contributed by atoms with van der Waals surface area (Å²) in [5.41, 5.74) is 9.43. The fourth-order valence-electron chi connectivity index (χ4n) is 4.27. The van der Waals surface area contributed by atoms with Crippen LogP contribution in [0.5, 0.6) is 0 Å². The highest BCUT2D eigenvalue weighted by Crippen LogP contribution is 2.35. The van der Waals surface area contributed by atoms with Gasteiger partial charge >= 0.3 is 0 Å². The molecule has 1 saturated heterocycles. The first-order valence-corrected chi connectivity index (χ1v) is 10.8. The number of piperazine rings is 1. The van der Waals surface area contributed by atoms with Crippen molar-refractivity contribution in [2.75, 3.05) is 42.9 Å². The van der Waals surface area contributed by atoms with E-state index in [0.717, 1.165) is 35.7 Å². The maximum Gasteiger partial charge on any atom is 0.236 e. The third-order valence-corrected chi connectivity index (χ3v) is 6.00. The van der Waals surface area contributed by atoms with Crippen molar-refractivity contribution in [2.45, 2.75) is 26.2 Å². The quantitative estimate of drug-likeness (QED) is 0.680. The van der Waals surface area contributed by atoms with Crippen molar-refractivity contribution in [1.82, 2.24) is 14.9 Å². The van der Waals surface area contributed by atoms with Gasteiger partial charge in [0.1, 0.15) is 0 Å². The van der Waals surface area contributed by atoms with Crippen molar-refractivity contribution in [3.05, 3.63) is 53.6 Å². The Morgan fingerprint density at radius 2 is 1.94 bits per heavy atom. The molecule has 1 fully saturated rings. The minimum Gasteiger partial charge on any atom is -0.512 e. The second-order valence-electron chi connectivity index (χ2n) is 8.40. The number of nitrogens with two attached hydrogens (primary N) is 1. The summed E-state index contributed by atoms with van der Waals surface area (Å²) in [5.74, 6) is 1.08. The molecule has 1 unspecified atom stereocenters. The fourth-order valence-corrected chi connectivity index (χ4v) is 4.27. The summed E-state index contributed by atoms with van der Waals surface area (Å²) < 4.78 is 0. The van der Waals surface area contributed by atoms with Gasteiger partial charge in [-0.25, -0.2) is 9.97 Å². The summed E-state index contributed by atoms with van der Waals surface area (Å²) in [6, 6.07) is 8.14. The molecule has 164 valence electrons. The number of hydrogen-bond acceptors (Lipinski definition) is 7. The van der Waals surface area contributed by atoms with Crippen LogP contribution in [-0.4, -0.2) is 58.6 Å². The van der Waals surface area contributed by atoms with Crippen LogP contribution in [0.25, 0.3) is 0 Å². The maximum atomic E-state index is 11.7. The topological polar surface area (TPSA) is 108 Å². The number of anilines is 3. The van der Waals surface area contributed by atoms with Gasteiger partial charge in [-0.05, 0) is 48.2 Å². The standard InChI is InChI=1S/C23H30N6O2/c1-15(2)21-19(30)8-3-16-14-25-23(27-22(16)21)26-17-4-6-18(7-5-17)28-9-11-29(12-10-28)20(31)13-24/h4-8,14-15,21,30H,3,9-13,24H2,1-2H3,(H,25,26,27). The average Bonchev–Trinajstić information content (AvgIpc) is 2.78. The lowest BCUT2D eigenvalue weighted by Gasteiger charge is -2.36. The predicted octanol–water partition coefficient (Wildman–Crippen LogP) is 2.57. The molecule has 0 bridgehead atoms. The second kappa shape index (κ2) is 8.93. The number of aromatic nitrogens is 2. The highest BCUT2D eigenvalue weighted by atomic mass is 16.3. The SMILES string of the molecule is CC(C)C1C(O)=CCc2cnc(Nc3ccc(N4CCN(C(=O)CN)CC4)cc3)nc21. The summed E-state index contributed by atoms with van der Waals surface area (Å²) in [6.07, 6.45) is 4.36. The Labute approximate surface area is 182 Å². The zero-order valence-corrected chi connectivity index (χ0v) is 18.1. The molecule has 0 saturated carbocycles. The molecular formula is C23H30N6O2. The molecular weight excluding hydrogens is 392 g/mol. The average molecular weight is 423 g/mol. The Morgan fingerprint density at radius 3 is 2.58 bits per heavy atom. The lowest BCUT2D eigenvalue weighted by atomic mass is 9.84. The van der Waals surface area contributed by atoms with Gasteiger partial charge in [0, 0.05) is 43.8 Å². The zero-order valence-electron chi connectivity index (χ0n) is 18.1. The van der Waals surface area contributed by atoms with Gasteiger partial charge in [0.15, 0.2) is 0 Å².